The second kappa shape index (κ2) is 6.64. The molecule has 150 valence electrons. The van der Waals surface area contributed by atoms with Crippen molar-refractivity contribution in [3.63, 3.8) is 0 Å². The number of fused-ring (bicyclic) bond motifs is 2. The predicted molar refractivity (Wildman–Crippen MR) is 103 cm³/mol. The molecular weight excluding hydrogens is 380 g/mol. The molecule has 1 aliphatic rings. The van der Waals surface area contributed by atoms with E-state index in [0.29, 0.717) is 35.7 Å². The maximum Gasteiger partial charge on any atom is 0.248 e. The molecule has 0 aromatic carbocycles. The van der Waals surface area contributed by atoms with E-state index < -0.39 is 5.92 Å². The molecule has 8 nitrogen and oxygen atoms in total. The summed E-state index contributed by atoms with van der Waals surface area (Å²) < 4.78 is 34.0. The van der Waals surface area contributed by atoms with Crippen LogP contribution in [0.4, 0.5) is 14.7 Å². The Hall–Kier alpha value is -3.30. The van der Waals surface area contributed by atoms with Crippen LogP contribution in [0.25, 0.3) is 27.9 Å². The third-order valence-corrected chi connectivity index (χ3v) is 5.28. The Morgan fingerprint density at radius 1 is 1.21 bits per heavy atom. The number of aromatic nitrogens is 6. The van der Waals surface area contributed by atoms with Crippen molar-refractivity contribution in [3.8, 4) is 17.1 Å². The molecule has 0 amide bonds. The number of rotatable bonds is 4. The fourth-order valence-corrected chi connectivity index (χ4v) is 3.74. The molecule has 0 bridgehead atoms. The molecule has 0 unspecified atom stereocenters. The lowest BCUT2D eigenvalue weighted by atomic mass is 9.92. The summed E-state index contributed by atoms with van der Waals surface area (Å²) in [5.41, 5.74) is 2.86. The average molecular weight is 399 g/mol. The Balaban J connectivity index is 1.49. The number of hydrogen-bond donors (Lipinski definition) is 2. The van der Waals surface area contributed by atoms with E-state index in [1.165, 1.54) is 7.11 Å². The minimum atomic E-state index is -2.57. The molecule has 2 N–H and O–H groups in total. The maximum absolute atomic E-state index is 13.4. The summed E-state index contributed by atoms with van der Waals surface area (Å²) in [7, 11) is 1.54. The minimum Gasteiger partial charge on any atom is -0.480 e. The molecule has 0 radical (unpaired) electrons. The number of aromatic amines is 1. The number of halogens is 2. The molecule has 1 saturated carbocycles. The maximum atomic E-state index is 13.4. The molecule has 1 fully saturated rings. The van der Waals surface area contributed by atoms with Crippen LogP contribution in [0.3, 0.4) is 0 Å². The van der Waals surface area contributed by atoms with Crippen LogP contribution in [0, 0.1) is 0 Å². The van der Waals surface area contributed by atoms with Gasteiger partial charge in [0.25, 0.3) is 0 Å². The van der Waals surface area contributed by atoms with Gasteiger partial charge >= 0.3 is 0 Å². The number of H-pyrrole nitrogens is 1. The normalized spacial score (nSPS) is 17.1. The third-order valence-electron chi connectivity index (χ3n) is 5.28. The topological polar surface area (TPSA) is 93.0 Å². The van der Waals surface area contributed by atoms with E-state index in [1.807, 2.05) is 24.5 Å². The summed E-state index contributed by atoms with van der Waals surface area (Å²) in [6.07, 6.45) is 5.83. The number of methoxy groups -OCH3 is 1. The monoisotopic (exact) mass is 399 g/mol. The SMILES string of the molecule is COc1nc(NC2CCC(F)(F)CC2)nc2[nH]cc(-c3ccn4nccc4n3)c12. The van der Waals surface area contributed by atoms with E-state index in [9.17, 15) is 8.78 Å². The Kier molecular flexibility index (Phi) is 4.07. The lowest BCUT2D eigenvalue weighted by Gasteiger charge is -2.28. The van der Waals surface area contributed by atoms with Crippen molar-refractivity contribution in [1.82, 2.24) is 29.5 Å². The lowest BCUT2D eigenvalue weighted by molar-refractivity contribution is -0.0361. The molecule has 0 atom stereocenters. The van der Waals surface area contributed by atoms with Crippen LogP contribution < -0.4 is 10.1 Å². The minimum absolute atomic E-state index is 0.0860. The number of ether oxygens (including phenoxy) is 1. The van der Waals surface area contributed by atoms with E-state index in [0.717, 1.165) is 16.9 Å². The van der Waals surface area contributed by atoms with Crippen molar-refractivity contribution in [2.75, 3.05) is 12.4 Å². The number of nitrogens with zero attached hydrogens (tertiary/aromatic N) is 5. The van der Waals surface area contributed by atoms with Crippen LogP contribution in [0.1, 0.15) is 25.7 Å². The van der Waals surface area contributed by atoms with Gasteiger partial charge in [-0.1, -0.05) is 0 Å². The Morgan fingerprint density at radius 2 is 2.03 bits per heavy atom. The standard InChI is InChI=1S/C19H19F2N7O/c1-29-17-15-12(13-5-9-28-14(25-13)4-8-23-28)10-22-16(15)26-18(27-17)24-11-2-6-19(20,21)7-3-11/h4-5,8-11H,2-3,6-7H2,1H3,(H2,22,24,26,27). The molecule has 0 saturated heterocycles. The molecule has 0 spiro atoms. The van der Waals surface area contributed by atoms with Gasteiger partial charge in [-0.25, -0.2) is 18.3 Å². The fraction of sp³-hybridized carbons (Fsp3) is 0.368. The number of alkyl halides is 2. The fourth-order valence-electron chi connectivity index (χ4n) is 3.74. The Bertz CT molecular complexity index is 1180. The summed E-state index contributed by atoms with van der Waals surface area (Å²) >= 11 is 0. The first kappa shape index (κ1) is 17.8. The van der Waals surface area contributed by atoms with E-state index in [-0.39, 0.29) is 18.9 Å². The van der Waals surface area contributed by atoms with Crippen molar-refractivity contribution in [3.05, 3.63) is 30.7 Å². The number of hydrogen-bond acceptors (Lipinski definition) is 6. The van der Waals surface area contributed by atoms with Crippen molar-refractivity contribution in [1.29, 1.82) is 0 Å². The summed E-state index contributed by atoms with van der Waals surface area (Å²) in [5.74, 6) is -1.82. The third kappa shape index (κ3) is 3.24. The first-order valence-electron chi connectivity index (χ1n) is 9.41. The van der Waals surface area contributed by atoms with Gasteiger partial charge in [-0.05, 0) is 18.9 Å². The molecule has 0 aliphatic heterocycles. The Labute approximate surface area is 164 Å². The van der Waals surface area contributed by atoms with Gasteiger partial charge < -0.3 is 15.0 Å². The van der Waals surface area contributed by atoms with E-state index in [2.05, 4.69) is 30.4 Å². The molecule has 4 aromatic heterocycles. The highest BCUT2D eigenvalue weighted by Crippen LogP contribution is 2.36. The second-order valence-electron chi connectivity index (χ2n) is 7.20. The zero-order chi connectivity index (χ0) is 20.0. The molecule has 4 heterocycles. The van der Waals surface area contributed by atoms with Crippen LogP contribution in [0.2, 0.25) is 0 Å². The average Bonchev–Trinajstić information content (AvgIpc) is 3.35. The van der Waals surface area contributed by atoms with Gasteiger partial charge in [-0.15, -0.1) is 0 Å². The molecular formula is C19H19F2N7O. The van der Waals surface area contributed by atoms with Crippen LogP contribution in [-0.4, -0.2) is 48.6 Å². The summed E-state index contributed by atoms with van der Waals surface area (Å²) in [4.78, 5) is 16.7. The predicted octanol–water partition coefficient (Wildman–Crippen LogP) is 3.67. The lowest BCUT2D eigenvalue weighted by Crippen LogP contribution is -2.32. The molecule has 1 aliphatic carbocycles. The first-order chi connectivity index (χ1) is 14.0. The summed E-state index contributed by atoms with van der Waals surface area (Å²) in [6, 6.07) is 3.59. The van der Waals surface area contributed by atoms with Gasteiger partial charge in [0.05, 0.1) is 24.4 Å². The highest BCUT2D eigenvalue weighted by Gasteiger charge is 2.35. The van der Waals surface area contributed by atoms with Gasteiger partial charge in [0.15, 0.2) is 5.65 Å². The molecule has 10 heteroatoms. The summed E-state index contributed by atoms with van der Waals surface area (Å²) in [6.45, 7) is 0. The van der Waals surface area contributed by atoms with E-state index in [1.54, 1.807) is 10.7 Å². The van der Waals surface area contributed by atoms with Crippen molar-refractivity contribution >= 4 is 22.6 Å². The van der Waals surface area contributed by atoms with Crippen LogP contribution >= 0.6 is 0 Å². The largest absolute Gasteiger partial charge is 0.480 e. The molecule has 29 heavy (non-hydrogen) atoms. The number of anilines is 1. The van der Waals surface area contributed by atoms with E-state index >= 15 is 0 Å². The highest BCUT2D eigenvalue weighted by molar-refractivity contribution is 5.97. The summed E-state index contributed by atoms with van der Waals surface area (Å²) in [5, 5.41) is 8.04. The van der Waals surface area contributed by atoms with Crippen LogP contribution in [0.5, 0.6) is 5.88 Å². The van der Waals surface area contributed by atoms with Gasteiger partial charge in [-0.2, -0.15) is 15.1 Å². The zero-order valence-electron chi connectivity index (χ0n) is 15.7. The molecule has 4 aromatic rings. The van der Waals surface area contributed by atoms with Crippen molar-refractivity contribution in [2.45, 2.75) is 37.6 Å². The van der Waals surface area contributed by atoms with E-state index in [4.69, 9.17) is 4.74 Å². The Morgan fingerprint density at radius 3 is 2.83 bits per heavy atom. The zero-order valence-corrected chi connectivity index (χ0v) is 15.7. The second-order valence-corrected chi connectivity index (χ2v) is 7.20. The smallest absolute Gasteiger partial charge is 0.248 e. The van der Waals surface area contributed by atoms with Crippen molar-refractivity contribution < 1.29 is 13.5 Å². The van der Waals surface area contributed by atoms with Gasteiger partial charge in [-0.3, -0.25) is 0 Å². The van der Waals surface area contributed by atoms with Gasteiger partial charge in [0.1, 0.15) is 5.65 Å². The number of nitrogens with one attached hydrogen (secondary N) is 2. The van der Waals surface area contributed by atoms with Crippen LogP contribution in [0.15, 0.2) is 30.7 Å². The molecule has 5 rings (SSSR count). The highest BCUT2D eigenvalue weighted by atomic mass is 19.3. The first-order valence-corrected chi connectivity index (χ1v) is 9.41. The van der Waals surface area contributed by atoms with Gasteiger partial charge in [0.2, 0.25) is 17.8 Å². The quantitative estimate of drug-likeness (QED) is 0.544. The van der Waals surface area contributed by atoms with Gasteiger partial charge in [0, 0.05) is 42.9 Å². The van der Waals surface area contributed by atoms with Crippen molar-refractivity contribution in [2.24, 2.45) is 0 Å². The van der Waals surface area contributed by atoms with Crippen LogP contribution in [-0.2, 0) is 0 Å².